The highest BCUT2D eigenvalue weighted by atomic mass is 32.2. The molecule has 3 rings (SSSR count). The summed E-state index contributed by atoms with van der Waals surface area (Å²) in [4.78, 5) is 2.56. The Bertz CT molecular complexity index is 866. The van der Waals surface area contributed by atoms with Gasteiger partial charge in [0, 0.05) is 32.7 Å². The van der Waals surface area contributed by atoms with E-state index < -0.39 is 16.1 Å². The molecule has 0 unspecified atom stereocenters. The summed E-state index contributed by atoms with van der Waals surface area (Å²) in [5.74, 6) is 0. The number of aliphatic hydroxyl groups is 1. The standard InChI is InChI=1S/C21H28N2O3S/c1-16-13-17(2)21(18(3)14-16)27(25,26)23-11-9-22(10-12-23)15-20(24)19-7-5-4-6-8-19/h4-8,13-14,20,24H,9-12,15H2,1-3H3/t20-/m0/s1. The van der Waals surface area contributed by atoms with E-state index in [1.807, 2.05) is 63.2 Å². The number of aliphatic hydroxyl groups excluding tert-OH is 1. The van der Waals surface area contributed by atoms with Gasteiger partial charge in [0.1, 0.15) is 0 Å². The summed E-state index contributed by atoms with van der Waals surface area (Å²) in [5.41, 5.74) is 3.56. The normalized spacial score (nSPS) is 17.8. The topological polar surface area (TPSA) is 60.9 Å². The van der Waals surface area contributed by atoms with E-state index in [0.717, 1.165) is 22.3 Å². The number of aryl methyl sites for hydroxylation is 3. The number of hydrogen-bond donors (Lipinski definition) is 1. The molecule has 6 heteroatoms. The van der Waals surface area contributed by atoms with Crippen LogP contribution in [0.5, 0.6) is 0 Å². The van der Waals surface area contributed by atoms with Crippen LogP contribution in [0.3, 0.4) is 0 Å². The van der Waals surface area contributed by atoms with Crippen LogP contribution in [-0.2, 0) is 10.0 Å². The van der Waals surface area contributed by atoms with Crippen LogP contribution in [0.2, 0.25) is 0 Å². The Labute approximate surface area is 162 Å². The van der Waals surface area contributed by atoms with E-state index >= 15 is 0 Å². The van der Waals surface area contributed by atoms with E-state index in [2.05, 4.69) is 4.90 Å². The number of rotatable bonds is 5. The van der Waals surface area contributed by atoms with Gasteiger partial charge in [-0.25, -0.2) is 8.42 Å². The zero-order valence-electron chi connectivity index (χ0n) is 16.2. The van der Waals surface area contributed by atoms with Crippen molar-refractivity contribution in [3.05, 3.63) is 64.7 Å². The number of piperazine rings is 1. The third kappa shape index (κ3) is 4.41. The lowest BCUT2D eigenvalue weighted by Gasteiger charge is -2.35. The van der Waals surface area contributed by atoms with Gasteiger partial charge < -0.3 is 5.11 Å². The second kappa shape index (κ2) is 8.10. The molecule has 1 fully saturated rings. The third-order valence-corrected chi connectivity index (χ3v) is 7.35. The molecule has 5 nitrogen and oxygen atoms in total. The molecule has 1 saturated heterocycles. The van der Waals surface area contributed by atoms with Crippen LogP contribution >= 0.6 is 0 Å². The van der Waals surface area contributed by atoms with E-state index in [9.17, 15) is 13.5 Å². The number of hydrogen-bond acceptors (Lipinski definition) is 4. The summed E-state index contributed by atoms with van der Waals surface area (Å²) in [6.07, 6.45) is -0.559. The Hall–Kier alpha value is -1.73. The molecule has 1 N–H and O–H groups in total. The summed E-state index contributed by atoms with van der Waals surface area (Å²) in [6.45, 7) is 8.33. The summed E-state index contributed by atoms with van der Waals surface area (Å²) in [5, 5.41) is 10.4. The lowest BCUT2D eigenvalue weighted by atomic mass is 10.1. The first-order chi connectivity index (χ1) is 12.8. The van der Waals surface area contributed by atoms with E-state index in [-0.39, 0.29) is 0 Å². The van der Waals surface area contributed by atoms with Gasteiger partial charge in [0.25, 0.3) is 0 Å². The molecule has 0 aromatic heterocycles. The van der Waals surface area contributed by atoms with Gasteiger partial charge in [-0.2, -0.15) is 4.31 Å². The molecule has 0 amide bonds. The second-order valence-electron chi connectivity index (χ2n) is 7.36. The van der Waals surface area contributed by atoms with Gasteiger partial charge in [-0.3, -0.25) is 4.90 Å². The molecule has 1 aliphatic heterocycles. The SMILES string of the molecule is Cc1cc(C)c(S(=O)(=O)N2CCN(C[C@H](O)c3ccccc3)CC2)c(C)c1. The van der Waals surface area contributed by atoms with E-state index in [1.54, 1.807) is 4.31 Å². The van der Waals surface area contributed by atoms with Crippen molar-refractivity contribution >= 4 is 10.0 Å². The first kappa shape index (κ1) is 20.0. The third-order valence-electron chi connectivity index (χ3n) is 5.15. The molecule has 2 aromatic rings. The van der Waals surface area contributed by atoms with E-state index in [4.69, 9.17) is 0 Å². The Balaban J connectivity index is 1.67. The minimum absolute atomic E-state index is 0.436. The highest BCUT2D eigenvalue weighted by Gasteiger charge is 2.31. The van der Waals surface area contributed by atoms with E-state index in [1.165, 1.54) is 0 Å². The molecule has 1 aliphatic rings. The molecule has 0 saturated carbocycles. The maximum atomic E-state index is 13.1. The highest BCUT2D eigenvalue weighted by molar-refractivity contribution is 7.89. The lowest BCUT2D eigenvalue weighted by Crippen LogP contribution is -2.49. The van der Waals surface area contributed by atoms with Crippen LogP contribution in [0.15, 0.2) is 47.4 Å². The molecule has 27 heavy (non-hydrogen) atoms. The number of sulfonamides is 1. The average molecular weight is 389 g/mol. The zero-order chi connectivity index (χ0) is 19.6. The summed E-state index contributed by atoms with van der Waals surface area (Å²) in [6, 6.07) is 13.4. The van der Waals surface area contributed by atoms with Gasteiger partial charge in [-0.05, 0) is 37.5 Å². The van der Waals surface area contributed by atoms with Crippen molar-refractivity contribution in [2.24, 2.45) is 0 Å². The van der Waals surface area contributed by atoms with Crippen molar-refractivity contribution in [1.82, 2.24) is 9.21 Å². The molecule has 0 bridgehead atoms. The van der Waals surface area contributed by atoms with Gasteiger partial charge >= 0.3 is 0 Å². The van der Waals surface area contributed by atoms with Crippen LogP contribution in [0.25, 0.3) is 0 Å². The minimum Gasteiger partial charge on any atom is -0.387 e. The maximum absolute atomic E-state index is 13.1. The van der Waals surface area contributed by atoms with E-state index in [0.29, 0.717) is 37.6 Å². The van der Waals surface area contributed by atoms with Crippen molar-refractivity contribution in [3.8, 4) is 0 Å². The quantitative estimate of drug-likeness (QED) is 0.855. The number of β-amino-alcohol motifs (C(OH)–C–C–N with tert-alkyl or cyclic N) is 1. The Morgan fingerprint density at radius 1 is 0.963 bits per heavy atom. The van der Waals surface area contributed by atoms with Crippen molar-refractivity contribution < 1.29 is 13.5 Å². The van der Waals surface area contributed by atoms with Crippen LogP contribution in [0, 0.1) is 20.8 Å². The largest absolute Gasteiger partial charge is 0.387 e. The average Bonchev–Trinajstić information content (AvgIpc) is 2.61. The molecule has 0 radical (unpaired) electrons. The summed E-state index contributed by atoms with van der Waals surface area (Å²) < 4.78 is 27.9. The number of benzene rings is 2. The Kier molecular flexibility index (Phi) is 6.01. The predicted molar refractivity (Wildman–Crippen MR) is 107 cm³/mol. The van der Waals surface area contributed by atoms with Crippen LogP contribution in [0.4, 0.5) is 0 Å². The summed E-state index contributed by atoms with van der Waals surface area (Å²) >= 11 is 0. The van der Waals surface area contributed by atoms with Crippen LogP contribution in [-0.4, -0.2) is 55.5 Å². The fourth-order valence-electron chi connectivity index (χ4n) is 3.88. The fraction of sp³-hybridized carbons (Fsp3) is 0.429. The van der Waals surface area contributed by atoms with Crippen LogP contribution in [0.1, 0.15) is 28.4 Å². The van der Waals surface area contributed by atoms with Gasteiger partial charge in [-0.1, -0.05) is 48.0 Å². The molecule has 2 aromatic carbocycles. The first-order valence-electron chi connectivity index (χ1n) is 9.32. The summed E-state index contributed by atoms with van der Waals surface area (Å²) in [7, 11) is -3.50. The molecule has 0 spiro atoms. The van der Waals surface area contributed by atoms with Crippen molar-refractivity contribution in [2.75, 3.05) is 32.7 Å². The van der Waals surface area contributed by atoms with Gasteiger partial charge in [0.15, 0.2) is 0 Å². The zero-order valence-corrected chi connectivity index (χ0v) is 17.0. The monoisotopic (exact) mass is 388 g/mol. The fourth-order valence-corrected chi connectivity index (χ4v) is 5.71. The van der Waals surface area contributed by atoms with Gasteiger partial charge in [0.2, 0.25) is 10.0 Å². The minimum atomic E-state index is -3.50. The molecule has 0 aliphatic carbocycles. The molecular weight excluding hydrogens is 360 g/mol. The molecule has 1 atom stereocenters. The Morgan fingerprint density at radius 2 is 1.52 bits per heavy atom. The van der Waals surface area contributed by atoms with Gasteiger partial charge in [0.05, 0.1) is 11.0 Å². The van der Waals surface area contributed by atoms with Gasteiger partial charge in [-0.15, -0.1) is 0 Å². The molecular formula is C21H28N2O3S. The van der Waals surface area contributed by atoms with Crippen molar-refractivity contribution in [3.63, 3.8) is 0 Å². The van der Waals surface area contributed by atoms with Crippen molar-refractivity contribution in [2.45, 2.75) is 31.8 Å². The molecule has 146 valence electrons. The van der Waals surface area contributed by atoms with Crippen LogP contribution < -0.4 is 0 Å². The van der Waals surface area contributed by atoms with Crippen molar-refractivity contribution in [1.29, 1.82) is 0 Å². The molecule has 1 heterocycles. The Morgan fingerprint density at radius 3 is 2.07 bits per heavy atom. The second-order valence-corrected chi connectivity index (χ2v) is 9.23. The highest BCUT2D eigenvalue weighted by Crippen LogP contribution is 2.26. The smallest absolute Gasteiger partial charge is 0.243 e. The first-order valence-corrected chi connectivity index (χ1v) is 10.8. The lowest BCUT2D eigenvalue weighted by molar-refractivity contribution is 0.0921. The predicted octanol–water partition coefficient (Wildman–Crippen LogP) is 2.65. The number of nitrogens with zero attached hydrogens (tertiary/aromatic N) is 2. The maximum Gasteiger partial charge on any atom is 0.243 e.